The highest BCUT2D eigenvalue weighted by atomic mass is 19.1. The van der Waals surface area contributed by atoms with Crippen LogP contribution < -0.4 is 5.32 Å². The van der Waals surface area contributed by atoms with Crippen molar-refractivity contribution in [3.8, 4) is 0 Å². The van der Waals surface area contributed by atoms with Crippen LogP contribution in [0.5, 0.6) is 0 Å². The van der Waals surface area contributed by atoms with Gasteiger partial charge in [-0.05, 0) is 0 Å². The van der Waals surface area contributed by atoms with Gasteiger partial charge in [0.1, 0.15) is 0 Å². The molecule has 0 aliphatic carbocycles. The zero-order valence-corrected chi connectivity index (χ0v) is 5.45. The van der Waals surface area contributed by atoms with Gasteiger partial charge >= 0.3 is 0 Å². The van der Waals surface area contributed by atoms with Gasteiger partial charge in [-0.3, -0.25) is 0 Å². The summed E-state index contributed by atoms with van der Waals surface area (Å²) in [6, 6.07) is 0. The van der Waals surface area contributed by atoms with Crippen molar-refractivity contribution in [3.05, 3.63) is 12.0 Å². The summed E-state index contributed by atoms with van der Waals surface area (Å²) in [6.07, 6.45) is -1.37. The number of hydrogen-bond donors (Lipinski definition) is 3. The van der Waals surface area contributed by atoms with Gasteiger partial charge in [0, 0.05) is 13.2 Å². The van der Waals surface area contributed by atoms with Crippen LogP contribution in [0, 0.1) is 0 Å². The van der Waals surface area contributed by atoms with Crippen LogP contribution in [0.1, 0.15) is 0 Å². The Kier molecular flexibility index (Phi) is 1.89. The number of hydrogen-bond acceptors (Lipinski definition) is 4. The molecule has 0 fully saturated rings. The molecule has 0 aromatic heterocycles. The van der Waals surface area contributed by atoms with Gasteiger partial charge in [0.2, 0.25) is 0 Å². The Morgan fingerprint density at radius 3 is 2.80 bits per heavy atom. The minimum Gasteiger partial charge on any atom is -0.372 e. The standard InChI is InChI=1S/C5H9FN2O2/c1-8-2-3(6)4(9)7-5(8)10/h2,4-5,7,9-10H,1H3. The summed E-state index contributed by atoms with van der Waals surface area (Å²) in [5.41, 5.74) is 0. The normalized spacial score (nSPS) is 34.0. The third-order valence-electron chi connectivity index (χ3n) is 1.28. The second-order valence-electron chi connectivity index (χ2n) is 2.12. The Bertz CT molecular complexity index is 162. The van der Waals surface area contributed by atoms with E-state index in [1.165, 1.54) is 11.9 Å². The molecule has 1 aliphatic heterocycles. The molecule has 1 heterocycles. The molecule has 3 N–H and O–H groups in total. The quantitative estimate of drug-likeness (QED) is 0.409. The van der Waals surface area contributed by atoms with Gasteiger partial charge < -0.3 is 15.1 Å². The summed E-state index contributed by atoms with van der Waals surface area (Å²) in [4.78, 5) is 1.21. The van der Waals surface area contributed by atoms with Crippen molar-refractivity contribution >= 4 is 0 Å². The first kappa shape index (κ1) is 7.46. The van der Waals surface area contributed by atoms with E-state index in [2.05, 4.69) is 5.32 Å². The summed E-state index contributed by atoms with van der Waals surface area (Å²) >= 11 is 0. The van der Waals surface area contributed by atoms with Crippen molar-refractivity contribution in [1.29, 1.82) is 0 Å². The van der Waals surface area contributed by atoms with Gasteiger partial charge in [-0.15, -0.1) is 0 Å². The summed E-state index contributed by atoms with van der Waals surface area (Å²) in [7, 11) is 1.49. The first-order chi connectivity index (χ1) is 4.61. The van der Waals surface area contributed by atoms with Crippen LogP contribution in [0.3, 0.4) is 0 Å². The van der Waals surface area contributed by atoms with E-state index in [4.69, 9.17) is 10.2 Å². The van der Waals surface area contributed by atoms with Gasteiger partial charge in [0.15, 0.2) is 18.4 Å². The fourth-order valence-corrected chi connectivity index (χ4v) is 0.674. The topological polar surface area (TPSA) is 55.7 Å². The minimum atomic E-state index is -1.38. The lowest BCUT2D eigenvalue weighted by Gasteiger charge is -2.29. The molecule has 2 atom stereocenters. The van der Waals surface area contributed by atoms with Crippen molar-refractivity contribution in [2.24, 2.45) is 0 Å². The Balaban J connectivity index is 2.69. The van der Waals surface area contributed by atoms with E-state index in [9.17, 15) is 4.39 Å². The average Bonchev–Trinajstić information content (AvgIpc) is 1.84. The van der Waals surface area contributed by atoms with E-state index >= 15 is 0 Å². The summed E-state index contributed by atoms with van der Waals surface area (Å²) in [5.74, 6) is -0.701. The maximum atomic E-state index is 12.4. The molecular weight excluding hydrogens is 139 g/mol. The second-order valence-corrected chi connectivity index (χ2v) is 2.12. The van der Waals surface area contributed by atoms with Gasteiger partial charge in [-0.1, -0.05) is 0 Å². The molecule has 1 aliphatic rings. The van der Waals surface area contributed by atoms with E-state index in [1.807, 2.05) is 0 Å². The van der Waals surface area contributed by atoms with Crippen molar-refractivity contribution in [3.63, 3.8) is 0 Å². The first-order valence-corrected chi connectivity index (χ1v) is 2.82. The van der Waals surface area contributed by atoms with E-state index in [0.29, 0.717) is 0 Å². The molecule has 0 aromatic rings. The monoisotopic (exact) mass is 148 g/mol. The molecule has 0 amide bonds. The number of rotatable bonds is 0. The molecule has 0 spiro atoms. The fourth-order valence-electron chi connectivity index (χ4n) is 0.674. The molecule has 2 unspecified atom stereocenters. The largest absolute Gasteiger partial charge is 0.372 e. The molecule has 4 nitrogen and oxygen atoms in total. The van der Waals surface area contributed by atoms with Crippen LogP contribution in [0.15, 0.2) is 12.0 Å². The fraction of sp³-hybridized carbons (Fsp3) is 0.600. The maximum absolute atomic E-state index is 12.4. The summed E-state index contributed by atoms with van der Waals surface area (Å²) < 4.78 is 12.4. The van der Waals surface area contributed by atoms with E-state index in [1.54, 1.807) is 0 Å². The molecule has 0 radical (unpaired) electrons. The first-order valence-electron chi connectivity index (χ1n) is 2.82. The second kappa shape index (κ2) is 2.53. The SMILES string of the molecule is CN1C=C(F)C(O)NC1O. The summed E-state index contributed by atoms with van der Waals surface area (Å²) in [6.45, 7) is 0. The number of aliphatic hydroxyl groups excluding tert-OH is 2. The third kappa shape index (κ3) is 1.26. The van der Waals surface area contributed by atoms with E-state index < -0.39 is 18.4 Å². The molecule has 0 saturated heterocycles. The van der Waals surface area contributed by atoms with Crippen molar-refractivity contribution in [1.82, 2.24) is 10.2 Å². The Labute approximate surface area is 57.6 Å². The lowest BCUT2D eigenvalue weighted by molar-refractivity contribution is -0.0397. The minimum absolute atomic E-state index is 0.701. The smallest absolute Gasteiger partial charge is 0.185 e. The Morgan fingerprint density at radius 1 is 1.70 bits per heavy atom. The Hall–Kier alpha value is -0.650. The molecule has 1 rings (SSSR count). The molecule has 5 heteroatoms. The molecule has 0 bridgehead atoms. The van der Waals surface area contributed by atoms with Crippen molar-refractivity contribution in [2.45, 2.75) is 12.6 Å². The number of nitrogens with one attached hydrogen (secondary N) is 1. The van der Waals surface area contributed by atoms with Gasteiger partial charge in [-0.2, -0.15) is 0 Å². The van der Waals surface area contributed by atoms with E-state index in [0.717, 1.165) is 6.20 Å². The molecule has 58 valence electrons. The number of nitrogens with zero attached hydrogens (tertiary/aromatic N) is 1. The molecular formula is C5H9FN2O2. The van der Waals surface area contributed by atoms with Gasteiger partial charge in [0.25, 0.3) is 0 Å². The summed E-state index contributed by atoms with van der Waals surface area (Å²) in [5, 5.41) is 19.8. The van der Waals surface area contributed by atoms with Crippen LogP contribution >= 0.6 is 0 Å². The van der Waals surface area contributed by atoms with Gasteiger partial charge in [-0.25, -0.2) is 9.71 Å². The van der Waals surface area contributed by atoms with Crippen LogP contribution in [-0.2, 0) is 0 Å². The number of aliphatic hydroxyl groups is 2. The lowest BCUT2D eigenvalue weighted by atomic mass is 10.4. The zero-order valence-electron chi connectivity index (χ0n) is 5.45. The third-order valence-corrected chi connectivity index (χ3v) is 1.28. The van der Waals surface area contributed by atoms with Crippen LogP contribution in [0.2, 0.25) is 0 Å². The van der Waals surface area contributed by atoms with Crippen molar-refractivity contribution in [2.75, 3.05) is 7.05 Å². The number of halogens is 1. The highest BCUT2D eigenvalue weighted by molar-refractivity contribution is 5.00. The van der Waals surface area contributed by atoms with Crippen molar-refractivity contribution < 1.29 is 14.6 Å². The highest BCUT2D eigenvalue weighted by Gasteiger charge is 2.22. The zero-order chi connectivity index (χ0) is 7.72. The van der Waals surface area contributed by atoms with Crippen LogP contribution in [0.4, 0.5) is 4.39 Å². The van der Waals surface area contributed by atoms with Crippen LogP contribution in [0.25, 0.3) is 0 Å². The predicted octanol–water partition coefficient (Wildman–Crippen LogP) is -1.07. The predicted molar refractivity (Wildman–Crippen MR) is 32.1 cm³/mol. The molecule has 0 saturated carbocycles. The van der Waals surface area contributed by atoms with Crippen LogP contribution in [-0.4, -0.2) is 34.7 Å². The van der Waals surface area contributed by atoms with E-state index in [-0.39, 0.29) is 0 Å². The Morgan fingerprint density at radius 2 is 2.30 bits per heavy atom. The maximum Gasteiger partial charge on any atom is 0.185 e. The average molecular weight is 148 g/mol. The van der Waals surface area contributed by atoms with Gasteiger partial charge in [0.05, 0.1) is 0 Å². The molecule has 0 aromatic carbocycles. The highest BCUT2D eigenvalue weighted by Crippen LogP contribution is 2.09. The lowest BCUT2D eigenvalue weighted by Crippen LogP contribution is -2.50. The molecule has 10 heavy (non-hydrogen) atoms.